The van der Waals surface area contributed by atoms with Crippen LogP contribution >= 0.6 is 22.6 Å². The molecule has 0 saturated carbocycles. The highest BCUT2D eigenvalue weighted by Gasteiger charge is 2.70. The van der Waals surface area contributed by atoms with Crippen LogP contribution in [-0.4, -0.2) is 50.0 Å². The Morgan fingerprint density at radius 2 is 1.70 bits per heavy atom. The van der Waals surface area contributed by atoms with E-state index in [0.29, 0.717) is 6.20 Å². The SMILES string of the molecule is CC(CI)C1(C(O)C(F)(F)F)C(C(F)(F)F)=NN(c2ccnc(C(F)(F)F)c2)C1O. The lowest BCUT2D eigenvalue weighted by Crippen LogP contribution is -2.63. The maximum Gasteiger partial charge on any atom is 0.433 e. The summed E-state index contributed by atoms with van der Waals surface area (Å²) >= 11 is 1.47. The van der Waals surface area contributed by atoms with Gasteiger partial charge in [0.25, 0.3) is 0 Å². The number of hydrazone groups is 1. The van der Waals surface area contributed by atoms with Gasteiger partial charge in [-0.3, -0.25) is 4.98 Å². The zero-order valence-corrected chi connectivity index (χ0v) is 16.8. The van der Waals surface area contributed by atoms with Gasteiger partial charge < -0.3 is 10.2 Å². The van der Waals surface area contributed by atoms with Crippen molar-refractivity contribution in [2.24, 2.45) is 16.4 Å². The number of hydrogen-bond acceptors (Lipinski definition) is 5. The fourth-order valence-corrected chi connectivity index (χ4v) is 3.95. The second kappa shape index (κ2) is 7.96. The van der Waals surface area contributed by atoms with Crippen molar-refractivity contribution in [2.45, 2.75) is 37.8 Å². The van der Waals surface area contributed by atoms with Crippen molar-refractivity contribution in [1.29, 1.82) is 0 Å². The van der Waals surface area contributed by atoms with Gasteiger partial charge in [-0.15, -0.1) is 0 Å². The smallest absolute Gasteiger partial charge is 0.383 e. The summed E-state index contributed by atoms with van der Waals surface area (Å²) < 4.78 is 119. The van der Waals surface area contributed by atoms with E-state index in [2.05, 4.69) is 10.1 Å². The van der Waals surface area contributed by atoms with Gasteiger partial charge in [0.15, 0.2) is 18.0 Å². The molecule has 0 aromatic carbocycles. The molecule has 1 aromatic rings. The maximum atomic E-state index is 13.7. The molecule has 0 spiro atoms. The van der Waals surface area contributed by atoms with E-state index in [1.165, 1.54) is 22.6 Å². The first-order valence-corrected chi connectivity index (χ1v) is 9.49. The van der Waals surface area contributed by atoms with Crippen LogP contribution in [0.3, 0.4) is 0 Å². The average molecular weight is 565 g/mol. The van der Waals surface area contributed by atoms with Gasteiger partial charge in [-0.1, -0.05) is 29.5 Å². The molecule has 170 valence electrons. The number of hydrogen-bond donors (Lipinski definition) is 2. The van der Waals surface area contributed by atoms with Gasteiger partial charge >= 0.3 is 18.5 Å². The predicted octanol–water partition coefficient (Wildman–Crippen LogP) is 4.14. The summed E-state index contributed by atoms with van der Waals surface area (Å²) in [4.78, 5) is 3.00. The van der Waals surface area contributed by atoms with E-state index in [9.17, 15) is 49.7 Å². The Kier molecular flexibility index (Phi) is 6.61. The second-order valence-corrected chi connectivity index (χ2v) is 7.37. The molecule has 2 heterocycles. The lowest BCUT2D eigenvalue weighted by Gasteiger charge is -2.43. The third kappa shape index (κ3) is 4.19. The molecule has 1 aliphatic heterocycles. The van der Waals surface area contributed by atoms with Crippen molar-refractivity contribution in [1.82, 2.24) is 4.98 Å². The number of halogens is 10. The van der Waals surface area contributed by atoms with Crippen molar-refractivity contribution < 1.29 is 49.7 Å². The van der Waals surface area contributed by atoms with Gasteiger partial charge in [0.2, 0.25) is 0 Å². The Morgan fingerprint density at radius 3 is 2.13 bits per heavy atom. The van der Waals surface area contributed by atoms with E-state index in [4.69, 9.17) is 0 Å². The van der Waals surface area contributed by atoms with Crippen molar-refractivity contribution in [3.8, 4) is 0 Å². The third-order valence-electron chi connectivity index (χ3n) is 4.65. The summed E-state index contributed by atoms with van der Waals surface area (Å²) in [5.74, 6) is -1.64. The van der Waals surface area contributed by atoms with Crippen molar-refractivity contribution in [2.75, 3.05) is 9.44 Å². The molecule has 0 saturated heterocycles. The minimum absolute atomic E-state index is 0.0164. The molecular formula is C15H13F9IN3O2. The maximum absolute atomic E-state index is 13.7. The molecule has 15 heteroatoms. The molecule has 2 N–H and O–H groups in total. The number of nitrogens with zero attached hydrogens (tertiary/aromatic N) is 3. The van der Waals surface area contributed by atoms with Gasteiger partial charge in [0.1, 0.15) is 11.1 Å². The lowest BCUT2D eigenvalue weighted by molar-refractivity contribution is -0.248. The Labute approximate surface area is 176 Å². The summed E-state index contributed by atoms with van der Waals surface area (Å²) in [5.41, 5.74) is -7.92. The molecule has 0 aliphatic carbocycles. The molecular weight excluding hydrogens is 552 g/mol. The van der Waals surface area contributed by atoms with E-state index in [-0.39, 0.29) is 15.5 Å². The highest BCUT2D eigenvalue weighted by molar-refractivity contribution is 14.1. The molecule has 0 bridgehead atoms. The van der Waals surface area contributed by atoms with E-state index < -0.39 is 59.3 Å². The molecule has 1 aromatic heterocycles. The summed E-state index contributed by atoms with van der Waals surface area (Å²) in [7, 11) is 0. The molecule has 1 aliphatic rings. The van der Waals surface area contributed by atoms with Crippen molar-refractivity contribution in [3.05, 3.63) is 24.0 Å². The first-order valence-electron chi connectivity index (χ1n) is 7.96. The van der Waals surface area contributed by atoms with E-state index in [1.807, 2.05) is 0 Å². The minimum atomic E-state index is -5.60. The van der Waals surface area contributed by atoms with Crippen molar-refractivity contribution in [3.63, 3.8) is 0 Å². The molecule has 5 nitrogen and oxygen atoms in total. The highest BCUT2D eigenvalue weighted by atomic mass is 127. The number of aliphatic hydroxyl groups excluding tert-OH is 2. The summed E-state index contributed by atoms with van der Waals surface area (Å²) in [6, 6.07) is 0.964. The number of aliphatic hydroxyl groups is 2. The average Bonchev–Trinajstić information content (AvgIpc) is 2.93. The number of anilines is 1. The fraction of sp³-hybridized carbons (Fsp3) is 0.600. The van der Waals surface area contributed by atoms with Gasteiger partial charge in [-0.25, -0.2) is 5.01 Å². The Bertz CT molecular complexity index is 812. The van der Waals surface area contributed by atoms with Crippen LogP contribution in [0.15, 0.2) is 23.4 Å². The van der Waals surface area contributed by atoms with Crippen LogP contribution in [0.5, 0.6) is 0 Å². The first-order chi connectivity index (χ1) is 13.5. The number of aromatic nitrogens is 1. The van der Waals surface area contributed by atoms with E-state index in [0.717, 1.165) is 13.0 Å². The Balaban J connectivity index is 2.76. The number of rotatable bonds is 4. The van der Waals surface area contributed by atoms with E-state index in [1.54, 1.807) is 0 Å². The zero-order valence-electron chi connectivity index (χ0n) is 14.7. The van der Waals surface area contributed by atoms with Gasteiger partial charge in [0.05, 0.1) is 5.69 Å². The largest absolute Gasteiger partial charge is 0.433 e. The standard InChI is InChI=1S/C15H13F9IN3O2/c1-6(5-25)12(10(29)15(22,23)24)9(14(19,20)21)27-28(11(12)30)7-2-3-26-8(4-7)13(16,17)18/h2-4,6,10-11,29-30H,5H2,1H3. The Morgan fingerprint density at radius 1 is 1.13 bits per heavy atom. The van der Waals surface area contributed by atoms with Crippen LogP contribution in [0.25, 0.3) is 0 Å². The Hall–Kier alpha value is -1.36. The van der Waals surface area contributed by atoms with Crippen LogP contribution in [0.1, 0.15) is 12.6 Å². The third-order valence-corrected chi connectivity index (χ3v) is 5.97. The second-order valence-electron chi connectivity index (χ2n) is 6.49. The molecule has 4 atom stereocenters. The minimum Gasteiger partial charge on any atom is -0.383 e. The summed E-state index contributed by atoms with van der Waals surface area (Å²) in [6.07, 6.45) is -22.1. The summed E-state index contributed by atoms with van der Waals surface area (Å²) in [5, 5.41) is 23.5. The fourth-order valence-electron chi connectivity index (χ4n) is 3.22. The van der Waals surface area contributed by atoms with Crippen LogP contribution in [-0.2, 0) is 6.18 Å². The van der Waals surface area contributed by atoms with Crippen molar-refractivity contribution >= 4 is 34.0 Å². The molecule has 2 rings (SSSR count). The number of alkyl halides is 10. The van der Waals surface area contributed by atoms with Crippen LogP contribution in [0.4, 0.5) is 45.2 Å². The van der Waals surface area contributed by atoms with Crippen LogP contribution < -0.4 is 5.01 Å². The first kappa shape index (κ1) is 24.9. The van der Waals surface area contributed by atoms with E-state index >= 15 is 0 Å². The monoisotopic (exact) mass is 565 g/mol. The normalized spacial score (nSPS) is 25.3. The van der Waals surface area contributed by atoms with Gasteiger partial charge in [0, 0.05) is 10.6 Å². The predicted molar refractivity (Wildman–Crippen MR) is 93.8 cm³/mol. The molecule has 30 heavy (non-hydrogen) atoms. The summed E-state index contributed by atoms with van der Waals surface area (Å²) in [6.45, 7) is 0.934. The molecule has 0 radical (unpaired) electrons. The van der Waals surface area contributed by atoms with Gasteiger partial charge in [-0.2, -0.15) is 44.6 Å². The van der Waals surface area contributed by atoms with Crippen LogP contribution in [0, 0.1) is 11.3 Å². The lowest BCUT2D eigenvalue weighted by atomic mass is 9.67. The zero-order chi connectivity index (χ0) is 23.3. The molecule has 0 amide bonds. The number of pyridine rings is 1. The topological polar surface area (TPSA) is 69.0 Å². The van der Waals surface area contributed by atoms with Crippen LogP contribution in [0.2, 0.25) is 0 Å². The quantitative estimate of drug-likeness (QED) is 0.328. The molecule has 0 fully saturated rings. The molecule has 4 unspecified atom stereocenters. The highest BCUT2D eigenvalue weighted by Crippen LogP contribution is 2.53. The van der Waals surface area contributed by atoms with Gasteiger partial charge in [-0.05, 0) is 18.1 Å².